The Hall–Kier alpha value is -1.02. The van der Waals surface area contributed by atoms with Crippen molar-refractivity contribution in [2.75, 3.05) is 6.61 Å². The van der Waals surface area contributed by atoms with E-state index < -0.39 is 0 Å². The first-order valence-corrected chi connectivity index (χ1v) is 7.11. The summed E-state index contributed by atoms with van der Waals surface area (Å²) in [6.07, 6.45) is 6.79. The van der Waals surface area contributed by atoms with Crippen LogP contribution < -0.4 is 4.74 Å². The molecular formula is C16H24O2. The molecule has 1 atom stereocenters. The lowest BCUT2D eigenvalue weighted by atomic mass is 9.99. The SMILES string of the molecule is Cc1cccc(OCCC(O)CC2CCCC2)c1. The van der Waals surface area contributed by atoms with Gasteiger partial charge >= 0.3 is 0 Å². The van der Waals surface area contributed by atoms with Gasteiger partial charge in [-0.05, 0) is 37.0 Å². The molecule has 0 aliphatic heterocycles. The van der Waals surface area contributed by atoms with Gasteiger partial charge in [-0.3, -0.25) is 0 Å². The van der Waals surface area contributed by atoms with Gasteiger partial charge in [-0.25, -0.2) is 0 Å². The van der Waals surface area contributed by atoms with Crippen molar-refractivity contribution in [2.45, 2.75) is 51.6 Å². The van der Waals surface area contributed by atoms with Gasteiger partial charge < -0.3 is 9.84 Å². The van der Waals surface area contributed by atoms with E-state index in [0.29, 0.717) is 6.61 Å². The molecule has 2 heteroatoms. The first kappa shape index (κ1) is 13.4. The lowest BCUT2D eigenvalue weighted by Crippen LogP contribution is -2.15. The van der Waals surface area contributed by atoms with Crippen LogP contribution in [0.5, 0.6) is 5.75 Å². The highest BCUT2D eigenvalue weighted by Crippen LogP contribution is 2.29. The summed E-state index contributed by atoms with van der Waals surface area (Å²) in [7, 11) is 0. The fraction of sp³-hybridized carbons (Fsp3) is 0.625. The molecular weight excluding hydrogens is 224 g/mol. The molecule has 1 saturated carbocycles. The first-order chi connectivity index (χ1) is 8.74. The molecule has 1 aromatic rings. The van der Waals surface area contributed by atoms with Crippen LogP contribution in [0.3, 0.4) is 0 Å². The Bertz CT molecular complexity index is 356. The van der Waals surface area contributed by atoms with Gasteiger partial charge in [0, 0.05) is 6.42 Å². The molecule has 0 aromatic heterocycles. The maximum absolute atomic E-state index is 9.96. The summed E-state index contributed by atoms with van der Waals surface area (Å²) < 4.78 is 5.66. The Morgan fingerprint density at radius 3 is 2.83 bits per heavy atom. The molecule has 0 amide bonds. The van der Waals surface area contributed by atoms with E-state index >= 15 is 0 Å². The Morgan fingerprint density at radius 1 is 1.33 bits per heavy atom. The normalized spacial score (nSPS) is 17.9. The van der Waals surface area contributed by atoms with Crippen molar-refractivity contribution in [3.05, 3.63) is 29.8 Å². The summed E-state index contributed by atoms with van der Waals surface area (Å²) in [6, 6.07) is 8.06. The number of benzene rings is 1. The maximum Gasteiger partial charge on any atom is 0.119 e. The molecule has 0 spiro atoms. The van der Waals surface area contributed by atoms with Crippen LogP contribution in [0, 0.1) is 12.8 Å². The van der Waals surface area contributed by atoms with Crippen molar-refractivity contribution in [2.24, 2.45) is 5.92 Å². The number of aryl methyl sites for hydroxylation is 1. The molecule has 2 nitrogen and oxygen atoms in total. The molecule has 1 unspecified atom stereocenters. The molecule has 0 saturated heterocycles. The summed E-state index contributed by atoms with van der Waals surface area (Å²) in [5.41, 5.74) is 1.21. The second-order valence-electron chi connectivity index (χ2n) is 5.49. The fourth-order valence-electron chi connectivity index (χ4n) is 2.77. The van der Waals surface area contributed by atoms with Crippen molar-refractivity contribution in [1.82, 2.24) is 0 Å². The number of aliphatic hydroxyl groups excluding tert-OH is 1. The van der Waals surface area contributed by atoms with Crippen LogP contribution in [-0.2, 0) is 0 Å². The van der Waals surface area contributed by atoms with Crippen LogP contribution in [0.2, 0.25) is 0 Å². The second kappa shape index (κ2) is 6.79. The highest BCUT2D eigenvalue weighted by atomic mass is 16.5. The van der Waals surface area contributed by atoms with Gasteiger partial charge in [0.15, 0.2) is 0 Å². The van der Waals surface area contributed by atoms with E-state index in [2.05, 4.69) is 13.0 Å². The van der Waals surface area contributed by atoms with Crippen LogP contribution in [0.25, 0.3) is 0 Å². The summed E-state index contributed by atoms with van der Waals surface area (Å²) in [4.78, 5) is 0. The number of hydrogen-bond donors (Lipinski definition) is 1. The van der Waals surface area contributed by atoms with E-state index in [1.807, 2.05) is 18.2 Å². The number of aliphatic hydroxyl groups is 1. The summed E-state index contributed by atoms with van der Waals surface area (Å²) in [6.45, 7) is 2.67. The van der Waals surface area contributed by atoms with Crippen molar-refractivity contribution in [1.29, 1.82) is 0 Å². The third kappa shape index (κ3) is 4.34. The average molecular weight is 248 g/mol. The molecule has 1 aromatic carbocycles. The topological polar surface area (TPSA) is 29.5 Å². The van der Waals surface area contributed by atoms with Crippen molar-refractivity contribution in [3.63, 3.8) is 0 Å². The van der Waals surface area contributed by atoms with Gasteiger partial charge in [-0.1, -0.05) is 37.8 Å². The zero-order chi connectivity index (χ0) is 12.8. The quantitative estimate of drug-likeness (QED) is 0.831. The predicted molar refractivity (Wildman–Crippen MR) is 73.9 cm³/mol. The minimum atomic E-state index is -0.196. The van der Waals surface area contributed by atoms with Crippen molar-refractivity contribution >= 4 is 0 Å². The molecule has 1 fully saturated rings. The van der Waals surface area contributed by atoms with E-state index in [1.54, 1.807) is 0 Å². The minimum Gasteiger partial charge on any atom is -0.493 e. The third-order valence-electron chi connectivity index (χ3n) is 3.79. The Labute approximate surface area is 110 Å². The largest absolute Gasteiger partial charge is 0.493 e. The van der Waals surface area contributed by atoms with Gasteiger partial charge in [0.1, 0.15) is 5.75 Å². The van der Waals surface area contributed by atoms with E-state index in [9.17, 15) is 5.11 Å². The van der Waals surface area contributed by atoms with Crippen LogP contribution in [0.15, 0.2) is 24.3 Å². The molecule has 0 heterocycles. The van der Waals surface area contributed by atoms with E-state index in [1.165, 1.54) is 31.2 Å². The Balaban J connectivity index is 1.65. The lowest BCUT2D eigenvalue weighted by molar-refractivity contribution is 0.114. The molecule has 100 valence electrons. The molecule has 0 bridgehead atoms. The van der Waals surface area contributed by atoms with Gasteiger partial charge in [0.25, 0.3) is 0 Å². The smallest absolute Gasteiger partial charge is 0.119 e. The van der Waals surface area contributed by atoms with E-state index in [0.717, 1.165) is 24.5 Å². The van der Waals surface area contributed by atoms with Gasteiger partial charge in [-0.2, -0.15) is 0 Å². The molecule has 2 rings (SSSR count). The Kier molecular flexibility index (Phi) is 5.06. The fourth-order valence-corrected chi connectivity index (χ4v) is 2.77. The lowest BCUT2D eigenvalue weighted by Gasteiger charge is -2.15. The summed E-state index contributed by atoms with van der Waals surface area (Å²) in [5, 5.41) is 9.96. The highest BCUT2D eigenvalue weighted by Gasteiger charge is 2.18. The van der Waals surface area contributed by atoms with Gasteiger partial charge in [0.2, 0.25) is 0 Å². The standard InChI is InChI=1S/C16H24O2/c1-13-5-4-8-16(11-13)18-10-9-15(17)12-14-6-2-3-7-14/h4-5,8,11,14-15,17H,2-3,6-7,9-10,12H2,1H3. The summed E-state index contributed by atoms with van der Waals surface area (Å²) in [5.74, 6) is 1.65. The Morgan fingerprint density at radius 2 is 2.11 bits per heavy atom. The molecule has 0 radical (unpaired) electrons. The predicted octanol–water partition coefficient (Wildman–Crippen LogP) is 3.71. The highest BCUT2D eigenvalue weighted by molar-refractivity contribution is 5.27. The van der Waals surface area contributed by atoms with Crippen molar-refractivity contribution < 1.29 is 9.84 Å². The maximum atomic E-state index is 9.96. The number of rotatable bonds is 6. The summed E-state index contributed by atoms with van der Waals surface area (Å²) >= 11 is 0. The third-order valence-corrected chi connectivity index (χ3v) is 3.79. The minimum absolute atomic E-state index is 0.196. The molecule has 1 aliphatic rings. The number of ether oxygens (including phenoxy) is 1. The molecule has 1 N–H and O–H groups in total. The number of hydrogen-bond acceptors (Lipinski definition) is 2. The van der Waals surface area contributed by atoms with E-state index in [4.69, 9.17) is 4.74 Å². The zero-order valence-corrected chi connectivity index (χ0v) is 11.3. The molecule has 18 heavy (non-hydrogen) atoms. The second-order valence-corrected chi connectivity index (χ2v) is 5.49. The van der Waals surface area contributed by atoms with Crippen LogP contribution in [0.1, 0.15) is 44.1 Å². The van der Waals surface area contributed by atoms with Crippen LogP contribution in [-0.4, -0.2) is 17.8 Å². The van der Waals surface area contributed by atoms with Gasteiger partial charge in [-0.15, -0.1) is 0 Å². The first-order valence-electron chi connectivity index (χ1n) is 7.11. The van der Waals surface area contributed by atoms with E-state index in [-0.39, 0.29) is 6.10 Å². The zero-order valence-electron chi connectivity index (χ0n) is 11.3. The monoisotopic (exact) mass is 248 g/mol. The van der Waals surface area contributed by atoms with Crippen LogP contribution >= 0.6 is 0 Å². The van der Waals surface area contributed by atoms with Crippen LogP contribution in [0.4, 0.5) is 0 Å². The average Bonchev–Trinajstić information content (AvgIpc) is 2.82. The molecule has 1 aliphatic carbocycles. The van der Waals surface area contributed by atoms with Crippen molar-refractivity contribution in [3.8, 4) is 5.75 Å². The van der Waals surface area contributed by atoms with Gasteiger partial charge in [0.05, 0.1) is 12.7 Å².